The summed E-state index contributed by atoms with van der Waals surface area (Å²) in [6.07, 6.45) is 1.47. The van der Waals surface area contributed by atoms with Gasteiger partial charge in [0.1, 0.15) is 0 Å². The molecule has 0 fully saturated rings. The lowest BCUT2D eigenvalue weighted by atomic mass is 10.1. The number of amides is 3. The van der Waals surface area contributed by atoms with Crippen molar-refractivity contribution in [2.75, 3.05) is 16.0 Å². The second-order valence-electron chi connectivity index (χ2n) is 5.86. The van der Waals surface area contributed by atoms with Crippen molar-refractivity contribution >= 4 is 41.4 Å². The van der Waals surface area contributed by atoms with Gasteiger partial charge in [0.05, 0.1) is 6.04 Å². The fraction of sp³-hybridized carbons (Fsp3) is 0.263. The van der Waals surface area contributed by atoms with Gasteiger partial charge in [-0.1, -0.05) is 37.6 Å². The molecule has 0 radical (unpaired) electrons. The molecule has 5 N–H and O–H groups in total. The molecule has 26 heavy (non-hydrogen) atoms. The SMILES string of the molecule is CCCC(N)C(=O)Nc1cc(NC(=O)Nc2ccccc2)ccc1C.Cl. The summed E-state index contributed by atoms with van der Waals surface area (Å²) < 4.78 is 0. The zero-order valence-electron chi connectivity index (χ0n) is 14.9. The largest absolute Gasteiger partial charge is 0.324 e. The number of hydrogen-bond acceptors (Lipinski definition) is 3. The van der Waals surface area contributed by atoms with Gasteiger partial charge in [0.15, 0.2) is 0 Å². The summed E-state index contributed by atoms with van der Waals surface area (Å²) in [5.74, 6) is -0.226. The van der Waals surface area contributed by atoms with Crippen molar-refractivity contribution in [1.82, 2.24) is 0 Å². The number of anilines is 3. The predicted molar refractivity (Wildman–Crippen MR) is 109 cm³/mol. The monoisotopic (exact) mass is 376 g/mol. The molecule has 0 heterocycles. The van der Waals surface area contributed by atoms with E-state index in [1.54, 1.807) is 24.3 Å². The minimum absolute atomic E-state index is 0. The molecule has 7 heteroatoms. The summed E-state index contributed by atoms with van der Waals surface area (Å²) in [4.78, 5) is 24.2. The van der Waals surface area contributed by atoms with Crippen molar-refractivity contribution in [3.63, 3.8) is 0 Å². The first kappa shape index (κ1) is 21.5. The topological polar surface area (TPSA) is 96.2 Å². The third kappa shape index (κ3) is 6.38. The number of carbonyl (C=O) groups excluding carboxylic acids is 2. The van der Waals surface area contributed by atoms with Crippen LogP contribution in [0.3, 0.4) is 0 Å². The van der Waals surface area contributed by atoms with E-state index in [1.807, 2.05) is 38.1 Å². The minimum atomic E-state index is -0.539. The highest BCUT2D eigenvalue weighted by atomic mass is 35.5. The van der Waals surface area contributed by atoms with Crippen molar-refractivity contribution in [3.05, 3.63) is 54.1 Å². The zero-order valence-corrected chi connectivity index (χ0v) is 15.7. The molecule has 0 saturated carbocycles. The van der Waals surface area contributed by atoms with E-state index in [1.165, 1.54) is 0 Å². The summed E-state index contributed by atoms with van der Waals surface area (Å²) in [6, 6.07) is 13.6. The van der Waals surface area contributed by atoms with Gasteiger partial charge in [-0.25, -0.2) is 4.79 Å². The standard InChI is InChI=1S/C19H24N4O2.ClH/c1-3-7-16(20)18(24)23-17-12-15(11-10-13(17)2)22-19(25)21-14-8-5-4-6-9-14;/h4-6,8-12,16H,3,7,20H2,1-2H3,(H,23,24)(H2,21,22,25);1H. The van der Waals surface area contributed by atoms with Crippen molar-refractivity contribution in [1.29, 1.82) is 0 Å². The first-order valence-corrected chi connectivity index (χ1v) is 8.29. The molecular weight excluding hydrogens is 352 g/mol. The van der Waals surface area contributed by atoms with Crippen molar-refractivity contribution in [2.45, 2.75) is 32.7 Å². The molecule has 0 aromatic heterocycles. The number of urea groups is 1. The lowest BCUT2D eigenvalue weighted by Crippen LogP contribution is -2.35. The molecule has 0 aliphatic heterocycles. The molecule has 0 aliphatic rings. The summed E-state index contributed by atoms with van der Waals surface area (Å²) in [5.41, 5.74) is 8.65. The van der Waals surface area contributed by atoms with Crippen LogP contribution in [0, 0.1) is 6.92 Å². The Labute approximate surface area is 160 Å². The Hall–Kier alpha value is -2.57. The number of nitrogens with two attached hydrogens (primary N) is 1. The first-order chi connectivity index (χ1) is 12.0. The molecule has 0 saturated heterocycles. The number of aryl methyl sites for hydroxylation is 1. The molecule has 0 bridgehead atoms. The molecular formula is C19H25ClN4O2. The van der Waals surface area contributed by atoms with Gasteiger partial charge in [0.2, 0.25) is 5.91 Å². The van der Waals surface area contributed by atoms with Crippen molar-refractivity contribution in [3.8, 4) is 0 Å². The summed E-state index contributed by atoms with van der Waals surface area (Å²) >= 11 is 0. The van der Waals surface area contributed by atoms with Crippen LogP contribution in [0.5, 0.6) is 0 Å². The highest BCUT2D eigenvalue weighted by Crippen LogP contribution is 2.21. The van der Waals surface area contributed by atoms with E-state index >= 15 is 0 Å². The molecule has 2 aromatic carbocycles. The molecule has 1 atom stereocenters. The summed E-state index contributed by atoms with van der Waals surface area (Å²) in [5, 5.41) is 8.32. The van der Waals surface area contributed by atoms with Crippen LogP contribution in [0.25, 0.3) is 0 Å². The van der Waals surface area contributed by atoms with E-state index < -0.39 is 6.04 Å². The van der Waals surface area contributed by atoms with Crippen LogP contribution in [0.2, 0.25) is 0 Å². The van der Waals surface area contributed by atoms with Gasteiger partial charge in [0.25, 0.3) is 0 Å². The van der Waals surface area contributed by atoms with Crippen LogP contribution in [0.4, 0.5) is 21.9 Å². The van der Waals surface area contributed by atoms with E-state index in [4.69, 9.17) is 5.73 Å². The van der Waals surface area contributed by atoms with Gasteiger partial charge < -0.3 is 21.7 Å². The number of halogens is 1. The quantitative estimate of drug-likeness (QED) is 0.610. The van der Waals surface area contributed by atoms with Crippen LogP contribution >= 0.6 is 12.4 Å². The lowest BCUT2D eigenvalue weighted by Gasteiger charge is -2.15. The molecule has 6 nitrogen and oxygen atoms in total. The van der Waals surface area contributed by atoms with Crippen LogP contribution in [-0.4, -0.2) is 18.0 Å². The van der Waals surface area contributed by atoms with E-state index in [9.17, 15) is 9.59 Å². The molecule has 140 valence electrons. The molecule has 1 unspecified atom stereocenters. The normalized spacial score (nSPS) is 11.0. The van der Waals surface area contributed by atoms with E-state index in [0.717, 1.165) is 12.0 Å². The Kier molecular flexibility index (Phi) is 8.61. The summed E-state index contributed by atoms with van der Waals surface area (Å²) in [6.45, 7) is 3.86. The first-order valence-electron chi connectivity index (χ1n) is 8.29. The Morgan fingerprint density at radius 3 is 2.31 bits per heavy atom. The van der Waals surface area contributed by atoms with Crippen LogP contribution in [0.1, 0.15) is 25.3 Å². The van der Waals surface area contributed by atoms with Gasteiger partial charge in [-0.3, -0.25) is 4.79 Å². The molecule has 0 spiro atoms. The number of hydrogen-bond donors (Lipinski definition) is 4. The Morgan fingerprint density at radius 1 is 1.00 bits per heavy atom. The lowest BCUT2D eigenvalue weighted by molar-refractivity contribution is -0.117. The predicted octanol–water partition coefficient (Wildman–Crippen LogP) is 4.13. The van der Waals surface area contributed by atoms with Gasteiger partial charge in [-0.15, -0.1) is 12.4 Å². The third-order valence-electron chi connectivity index (χ3n) is 3.72. The number of carbonyl (C=O) groups is 2. The molecule has 3 amide bonds. The van der Waals surface area contributed by atoms with E-state index in [2.05, 4.69) is 16.0 Å². The van der Waals surface area contributed by atoms with Crippen LogP contribution in [0.15, 0.2) is 48.5 Å². The van der Waals surface area contributed by atoms with E-state index in [-0.39, 0.29) is 24.3 Å². The van der Waals surface area contributed by atoms with Gasteiger partial charge >= 0.3 is 6.03 Å². The minimum Gasteiger partial charge on any atom is -0.324 e. The Balaban J connectivity index is 0.00000338. The van der Waals surface area contributed by atoms with Gasteiger partial charge in [-0.05, 0) is 43.2 Å². The molecule has 2 aromatic rings. The average Bonchev–Trinajstić information content (AvgIpc) is 2.59. The van der Waals surface area contributed by atoms with Crippen molar-refractivity contribution < 1.29 is 9.59 Å². The Morgan fingerprint density at radius 2 is 1.65 bits per heavy atom. The number of para-hydroxylation sites is 1. The summed E-state index contributed by atoms with van der Waals surface area (Å²) in [7, 11) is 0. The fourth-order valence-electron chi connectivity index (χ4n) is 2.32. The highest BCUT2D eigenvalue weighted by Gasteiger charge is 2.14. The third-order valence-corrected chi connectivity index (χ3v) is 3.72. The smallest absolute Gasteiger partial charge is 0.323 e. The van der Waals surface area contributed by atoms with Crippen molar-refractivity contribution in [2.24, 2.45) is 5.73 Å². The maximum atomic E-state index is 12.1. The highest BCUT2D eigenvalue weighted by molar-refractivity contribution is 6.01. The zero-order chi connectivity index (χ0) is 18.2. The van der Waals surface area contributed by atoms with Crippen LogP contribution < -0.4 is 21.7 Å². The molecule has 2 rings (SSSR count). The molecule has 0 aliphatic carbocycles. The van der Waals surface area contributed by atoms with Gasteiger partial charge in [0, 0.05) is 17.1 Å². The number of rotatable bonds is 6. The second-order valence-corrected chi connectivity index (χ2v) is 5.86. The fourth-order valence-corrected chi connectivity index (χ4v) is 2.32. The van der Waals surface area contributed by atoms with Gasteiger partial charge in [-0.2, -0.15) is 0 Å². The average molecular weight is 377 g/mol. The van der Waals surface area contributed by atoms with E-state index in [0.29, 0.717) is 23.5 Å². The van der Waals surface area contributed by atoms with Crippen LogP contribution in [-0.2, 0) is 4.79 Å². The Bertz CT molecular complexity index is 738. The number of benzene rings is 2. The second kappa shape index (κ2) is 10.4. The number of nitrogens with one attached hydrogen (secondary N) is 3. The maximum Gasteiger partial charge on any atom is 0.323 e. The maximum absolute atomic E-state index is 12.1.